The summed E-state index contributed by atoms with van der Waals surface area (Å²) in [6.07, 6.45) is 0. The van der Waals surface area contributed by atoms with Crippen LogP contribution in [0, 0.1) is 0 Å². The third-order valence-corrected chi connectivity index (χ3v) is 3.30. The van der Waals surface area contributed by atoms with Gasteiger partial charge in [-0.25, -0.2) is 0 Å². The summed E-state index contributed by atoms with van der Waals surface area (Å²) in [6.45, 7) is -0.203. The van der Waals surface area contributed by atoms with Gasteiger partial charge in [0.2, 0.25) is 0 Å². The van der Waals surface area contributed by atoms with Crippen molar-refractivity contribution in [3.63, 3.8) is 0 Å². The second-order valence-corrected chi connectivity index (χ2v) is 4.78. The monoisotopic (exact) mass is 298 g/mol. The Hall–Kier alpha value is -2.66. The fourth-order valence-corrected chi connectivity index (χ4v) is 2.11. The molecule has 0 aliphatic carbocycles. The van der Waals surface area contributed by atoms with E-state index in [1.165, 1.54) is 13.1 Å². The molecule has 0 fully saturated rings. The largest absolute Gasteiger partial charge is 0.394 e. The van der Waals surface area contributed by atoms with Crippen molar-refractivity contribution in [2.45, 2.75) is 6.04 Å². The Morgan fingerprint density at radius 2 is 1.64 bits per heavy atom. The van der Waals surface area contributed by atoms with Gasteiger partial charge in [-0.1, -0.05) is 36.4 Å². The Balaban J connectivity index is 2.16. The second-order valence-electron chi connectivity index (χ2n) is 4.78. The van der Waals surface area contributed by atoms with Crippen molar-refractivity contribution in [1.29, 1.82) is 0 Å². The summed E-state index contributed by atoms with van der Waals surface area (Å²) in [4.78, 5) is 23.9. The molecule has 0 bridgehead atoms. The van der Waals surface area contributed by atoms with E-state index >= 15 is 0 Å². The standard InChI is InChI=1S/C17H18N2O3/c1-18-16(21)13-8-5-9-14(10-13)17(22)19-15(11-20)12-6-3-2-4-7-12/h2-10,15,20H,11H2,1H3,(H,18,21)(H,19,22). The Kier molecular flexibility index (Phi) is 5.27. The van der Waals surface area contributed by atoms with E-state index in [1.54, 1.807) is 18.2 Å². The number of hydrogen-bond donors (Lipinski definition) is 3. The maximum absolute atomic E-state index is 12.3. The summed E-state index contributed by atoms with van der Waals surface area (Å²) >= 11 is 0. The first-order valence-electron chi connectivity index (χ1n) is 6.94. The van der Waals surface area contributed by atoms with E-state index in [2.05, 4.69) is 10.6 Å². The van der Waals surface area contributed by atoms with Gasteiger partial charge in [0.05, 0.1) is 12.6 Å². The summed E-state index contributed by atoms with van der Waals surface area (Å²) in [7, 11) is 1.53. The van der Waals surface area contributed by atoms with Gasteiger partial charge < -0.3 is 15.7 Å². The highest BCUT2D eigenvalue weighted by Crippen LogP contribution is 2.13. The van der Waals surface area contributed by atoms with Crippen LogP contribution >= 0.6 is 0 Å². The van der Waals surface area contributed by atoms with Crippen LogP contribution in [-0.2, 0) is 0 Å². The zero-order valence-corrected chi connectivity index (χ0v) is 12.2. The molecule has 1 unspecified atom stereocenters. The van der Waals surface area contributed by atoms with Gasteiger partial charge in [0.25, 0.3) is 11.8 Å². The van der Waals surface area contributed by atoms with E-state index in [-0.39, 0.29) is 18.4 Å². The molecule has 5 nitrogen and oxygen atoms in total. The minimum absolute atomic E-state index is 0.203. The highest BCUT2D eigenvalue weighted by atomic mass is 16.3. The molecular formula is C17H18N2O3. The smallest absolute Gasteiger partial charge is 0.251 e. The van der Waals surface area contributed by atoms with Crippen molar-refractivity contribution in [1.82, 2.24) is 10.6 Å². The van der Waals surface area contributed by atoms with E-state index in [4.69, 9.17) is 0 Å². The number of nitrogens with one attached hydrogen (secondary N) is 2. The zero-order chi connectivity index (χ0) is 15.9. The first kappa shape index (κ1) is 15.7. The van der Waals surface area contributed by atoms with Crippen LogP contribution in [0.5, 0.6) is 0 Å². The highest BCUT2D eigenvalue weighted by molar-refractivity contribution is 5.99. The van der Waals surface area contributed by atoms with Crippen LogP contribution in [0.15, 0.2) is 54.6 Å². The lowest BCUT2D eigenvalue weighted by Crippen LogP contribution is -2.31. The summed E-state index contributed by atoms with van der Waals surface area (Å²) in [5.41, 5.74) is 1.60. The van der Waals surface area contributed by atoms with Gasteiger partial charge >= 0.3 is 0 Å². The van der Waals surface area contributed by atoms with Crippen molar-refractivity contribution in [2.24, 2.45) is 0 Å². The number of carbonyl (C=O) groups excluding carboxylic acids is 2. The normalized spacial score (nSPS) is 11.5. The van der Waals surface area contributed by atoms with Crippen molar-refractivity contribution >= 4 is 11.8 Å². The molecule has 0 aliphatic heterocycles. The average molecular weight is 298 g/mol. The van der Waals surface area contributed by atoms with Crippen molar-refractivity contribution in [3.8, 4) is 0 Å². The van der Waals surface area contributed by atoms with Gasteiger partial charge in [-0.15, -0.1) is 0 Å². The Bertz CT molecular complexity index is 656. The Labute approximate surface area is 129 Å². The Morgan fingerprint density at radius 3 is 2.23 bits per heavy atom. The van der Waals surface area contributed by atoms with Gasteiger partial charge in [-0.05, 0) is 23.8 Å². The van der Waals surface area contributed by atoms with E-state index in [1.807, 2.05) is 30.3 Å². The van der Waals surface area contributed by atoms with Crippen molar-refractivity contribution < 1.29 is 14.7 Å². The lowest BCUT2D eigenvalue weighted by atomic mass is 10.1. The third-order valence-electron chi connectivity index (χ3n) is 3.30. The molecule has 2 amide bonds. The molecule has 0 saturated heterocycles. The predicted molar refractivity (Wildman–Crippen MR) is 83.6 cm³/mol. The fraction of sp³-hybridized carbons (Fsp3) is 0.176. The lowest BCUT2D eigenvalue weighted by Gasteiger charge is -2.17. The molecule has 0 heterocycles. The van der Waals surface area contributed by atoms with Crippen LogP contribution in [-0.4, -0.2) is 30.6 Å². The summed E-state index contributed by atoms with van der Waals surface area (Å²) < 4.78 is 0. The first-order chi connectivity index (χ1) is 10.7. The molecular weight excluding hydrogens is 280 g/mol. The fourth-order valence-electron chi connectivity index (χ4n) is 2.11. The summed E-state index contributed by atoms with van der Waals surface area (Å²) in [6, 6.07) is 15.2. The summed E-state index contributed by atoms with van der Waals surface area (Å²) in [5.74, 6) is -0.593. The molecule has 5 heteroatoms. The molecule has 2 aromatic carbocycles. The molecule has 1 atom stereocenters. The molecule has 22 heavy (non-hydrogen) atoms. The number of hydrogen-bond acceptors (Lipinski definition) is 3. The van der Waals surface area contributed by atoms with Gasteiger partial charge in [0, 0.05) is 18.2 Å². The Morgan fingerprint density at radius 1 is 1.00 bits per heavy atom. The third kappa shape index (κ3) is 3.71. The topological polar surface area (TPSA) is 78.4 Å². The van der Waals surface area contributed by atoms with Crippen LogP contribution in [0.1, 0.15) is 32.3 Å². The first-order valence-corrected chi connectivity index (χ1v) is 6.94. The van der Waals surface area contributed by atoms with Gasteiger partial charge in [0.1, 0.15) is 0 Å². The zero-order valence-electron chi connectivity index (χ0n) is 12.2. The molecule has 0 saturated carbocycles. The van der Waals surface area contributed by atoms with Crippen molar-refractivity contribution in [3.05, 3.63) is 71.3 Å². The van der Waals surface area contributed by atoms with E-state index in [9.17, 15) is 14.7 Å². The molecule has 2 rings (SSSR count). The van der Waals surface area contributed by atoms with Gasteiger partial charge in [0.15, 0.2) is 0 Å². The molecule has 0 radical (unpaired) electrons. The van der Waals surface area contributed by atoms with Gasteiger partial charge in [-0.3, -0.25) is 9.59 Å². The van der Waals surface area contributed by atoms with E-state index < -0.39 is 6.04 Å². The minimum atomic E-state index is -0.489. The highest BCUT2D eigenvalue weighted by Gasteiger charge is 2.15. The lowest BCUT2D eigenvalue weighted by molar-refractivity contribution is 0.0916. The van der Waals surface area contributed by atoms with Crippen LogP contribution in [0.2, 0.25) is 0 Å². The number of aliphatic hydroxyl groups is 1. The number of carbonyl (C=O) groups is 2. The van der Waals surface area contributed by atoms with Crippen LogP contribution in [0.4, 0.5) is 0 Å². The second kappa shape index (κ2) is 7.38. The van der Waals surface area contributed by atoms with Crippen LogP contribution in [0.3, 0.4) is 0 Å². The quantitative estimate of drug-likeness (QED) is 0.783. The van der Waals surface area contributed by atoms with Crippen LogP contribution < -0.4 is 10.6 Å². The molecule has 3 N–H and O–H groups in total. The number of rotatable bonds is 5. The minimum Gasteiger partial charge on any atom is -0.394 e. The molecule has 2 aromatic rings. The maximum Gasteiger partial charge on any atom is 0.251 e. The van der Waals surface area contributed by atoms with Crippen LogP contribution in [0.25, 0.3) is 0 Å². The number of aliphatic hydroxyl groups excluding tert-OH is 1. The SMILES string of the molecule is CNC(=O)c1cccc(C(=O)NC(CO)c2ccccc2)c1. The maximum atomic E-state index is 12.3. The van der Waals surface area contributed by atoms with Crippen molar-refractivity contribution in [2.75, 3.05) is 13.7 Å². The molecule has 0 spiro atoms. The van der Waals surface area contributed by atoms with E-state index in [0.717, 1.165) is 5.56 Å². The number of benzene rings is 2. The average Bonchev–Trinajstić information content (AvgIpc) is 2.59. The molecule has 0 aromatic heterocycles. The number of amides is 2. The predicted octanol–water partition coefficient (Wildman–Crippen LogP) is 1.51. The van der Waals surface area contributed by atoms with E-state index in [0.29, 0.717) is 11.1 Å². The molecule has 114 valence electrons. The van der Waals surface area contributed by atoms with Gasteiger partial charge in [-0.2, -0.15) is 0 Å². The molecule has 0 aliphatic rings. The summed E-state index contributed by atoms with van der Waals surface area (Å²) in [5, 5.41) is 14.8.